The average molecular weight is 774 g/mol. The number of hydrogen-bond acceptors (Lipinski definition) is 19. The largest absolute Gasteiger partial charge is 0.427 e. The minimum atomic E-state index is -1.77. The third-order valence-electron chi connectivity index (χ3n) is 11.9. The van der Waals surface area contributed by atoms with Crippen LogP contribution in [0.5, 0.6) is 0 Å². The monoisotopic (exact) mass is 773 g/mol. The zero-order valence-corrected chi connectivity index (χ0v) is 29.2. The Kier molecular flexibility index (Phi) is 13.7. The lowest BCUT2D eigenvalue weighted by atomic mass is 9.72. The van der Waals surface area contributed by atoms with Crippen LogP contribution >= 0.6 is 0 Å². The van der Waals surface area contributed by atoms with Crippen molar-refractivity contribution in [2.45, 2.75) is 180 Å². The fourth-order valence-electron chi connectivity index (χ4n) is 8.65. The maximum atomic E-state index is 11.4. The highest BCUT2D eigenvalue weighted by atomic mass is 16.7. The van der Waals surface area contributed by atoms with E-state index < -0.39 is 154 Å². The van der Waals surface area contributed by atoms with Gasteiger partial charge in [-0.15, -0.1) is 0 Å². The van der Waals surface area contributed by atoms with Crippen molar-refractivity contribution in [1.82, 2.24) is 0 Å². The van der Waals surface area contributed by atoms with Crippen LogP contribution in [0.4, 0.5) is 0 Å². The number of aliphatic hydroxyl groups excluding tert-OH is 13. The minimum Gasteiger partial charge on any atom is -0.427 e. The maximum Gasteiger partial charge on any atom is 0.187 e. The standard InChI is InChI=1S/C33H56O20/c1-10-21(38)24(41)27(44)31(48-10)47-9-20-23(40)26(43)29(46)33(53-20)51-18-7-13-15(36)5-12(49-32-28(45)25(42)22(39)19(8-34)52-32)6-17(13)50-30(18)11-2-3-14(35)16(37)4-11/h10-46H,2-9H2,1H3/p+1/t10-,11?,12?,13?,14?,15?,16?,17?,18?,19+,20-,21-,22-,23-,24+,25+,26+,27-,28+,29-,30?,31-,32+,33-/m0/s1. The lowest BCUT2D eigenvalue weighted by molar-refractivity contribution is -0.366. The van der Waals surface area contributed by atoms with E-state index in [0.29, 0.717) is 6.42 Å². The maximum absolute atomic E-state index is 11.4. The number of fused-ring (bicyclic) bond motifs is 1. The minimum absolute atomic E-state index is 0.0593. The van der Waals surface area contributed by atoms with E-state index in [1.165, 1.54) is 6.92 Å². The molecule has 0 aromatic carbocycles. The van der Waals surface area contributed by atoms with E-state index >= 15 is 0 Å². The van der Waals surface area contributed by atoms with Crippen molar-refractivity contribution in [3.63, 3.8) is 0 Å². The molecule has 6 rings (SSSR count). The van der Waals surface area contributed by atoms with Crippen LogP contribution in [0, 0.1) is 11.8 Å². The highest BCUT2D eigenvalue weighted by molar-refractivity contribution is 4.99. The van der Waals surface area contributed by atoms with E-state index in [4.69, 9.17) is 33.2 Å². The molecule has 0 bridgehead atoms. The van der Waals surface area contributed by atoms with Crippen molar-refractivity contribution >= 4 is 0 Å². The summed E-state index contributed by atoms with van der Waals surface area (Å²) in [5.41, 5.74) is 0. The summed E-state index contributed by atoms with van der Waals surface area (Å²) in [6.07, 6.45) is -26.9. The Labute approximate surface area is 305 Å². The predicted molar refractivity (Wildman–Crippen MR) is 171 cm³/mol. The van der Waals surface area contributed by atoms with Crippen LogP contribution in [0.3, 0.4) is 0 Å². The second-order valence-corrected chi connectivity index (χ2v) is 15.5. The average Bonchev–Trinajstić information content (AvgIpc) is 3.13. The molecule has 0 amide bonds. The van der Waals surface area contributed by atoms with Gasteiger partial charge in [-0.1, -0.05) is 0 Å². The van der Waals surface area contributed by atoms with Crippen LogP contribution in [0.15, 0.2) is 0 Å². The van der Waals surface area contributed by atoms with Crippen molar-refractivity contribution in [1.29, 1.82) is 0 Å². The van der Waals surface area contributed by atoms with Crippen LogP contribution in [-0.4, -0.2) is 219 Å². The molecule has 0 spiro atoms. The molecule has 2 saturated carbocycles. The molecule has 14 N–H and O–H groups in total. The van der Waals surface area contributed by atoms with Crippen molar-refractivity contribution in [2.75, 3.05) is 13.2 Å². The molecule has 53 heavy (non-hydrogen) atoms. The molecule has 0 aromatic heterocycles. The number of ether oxygens (including phenoxy) is 7. The molecule has 9 unspecified atom stereocenters. The van der Waals surface area contributed by atoms with Crippen LogP contribution in [0.25, 0.3) is 0 Å². The Hall–Kier alpha value is -0.800. The molecule has 4 heterocycles. The Bertz CT molecular complexity index is 1170. The predicted octanol–water partition coefficient (Wildman–Crippen LogP) is -6.83. The Morgan fingerprint density at radius 2 is 1.17 bits per heavy atom. The topological polar surface area (TPSA) is 331 Å². The third-order valence-corrected chi connectivity index (χ3v) is 11.9. The van der Waals surface area contributed by atoms with Gasteiger partial charge in [0.25, 0.3) is 0 Å². The fraction of sp³-hybridized carbons (Fsp3) is 1.00. The van der Waals surface area contributed by atoms with E-state index in [0.717, 1.165) is 0 Å². The summed E-state index contributed by atoms with van der Waals surface area (Å²) in [6.45, 7) is 0.329. The van der Waals surface area contributed by atoms with Gasteiger partial charge in [-0.3, -0.25) is 0 Å². The van der Waals surface area contributed by atoms with E-state index in [2.05, 4.69) is 0 Å². The summed E-state index contributed by atoms with van der Waals surface area (Å²) in [5.74, 6) is -0.832. The number of hydrogen-bond donors (Lipinski definition) is 13. The van der Waals surface area contributed by atoms with Gasteiger partial charge in [0.2, 0.25) is 0 Å². The van der Waals surface area contributed by atoms with Gasteiger partial charge < -0.3 is 99.5 Å². The number of aliphatic hydroxyl groups is 15. The summed E-state index contributed by atoms with van der Waals surface area (Å²) in [7, 11) is 0. The van der Waals surface area contributed by atoms with Crippen LogP contribution in [-0.2, 0) is 28.4 Å². The highest BCUT2D eigenvalue weighted by Crippen LogP contribution is 2.43. The molecule has 24 atom stereocenters. The van der Waals surface area contributed by atoms with Crippen LogP contribution in [0.2, 0.25) is 0 Å². The molecular weight excluding hydrogens is 716 g/mol. The van der Waals surface area contributed by atoms with Gasteiger partial charge in [0, 0.05) is 18.8 Å². The summed E-state index contributed by atoms with van der Waals surface area (Å²) in [6, 6.07) is 0. The molecule has 0 radical (unpaired) electrons. The van der Waals surface area contributed by atoms with Gasteiger partial charge in [0.05, 0.1) is 49.7 Å². The molecule has 308 valence electrons. The molecule has 4 saturated heterocycles. The summed E-state index contributed by atoms with van der Waals surface area (Å²) >= 11 is 0. The quantitative estimate of drug-likeness (QED) is 0.0968. The Morgan fingerprint density at radius 1 is 0.566 bits per heavy atom. The highest BCUT2D eigenvalue weighted by Gasteiger charge is 2.56. The van der Waals surface area contributed by atoms with Gasteiger partial charge in [-0.05, 0) is 32.6 Å². The first-order chi connectivity index (χ1) is 25.1. The SMILES string of the molecule is C[C@@H]1O[C@H](OC[C@@H]2O[C@H](OC3CC4C(O)CC(O[C@@H]5O[C@H](CO)[C@H](O)[C@@H](O)[C@H]5O)CC4[OH+]C3C3CCC(O)C(O)C3)[C@@H](O)[C@H](O)[C@H]2O)[C@@H](O)[C@H](O)[C@H]1O. The molecule has 4 aliphatic heterocycles. The normalized spacial score (nSPS) is 55.4. The van der Waals surface area contributed by atoms with Crippen molar-refractivity contribution in [2.24, 2.45) is 11.8 Å². The van der Waals surface area contributed by atoms with Gasteiger partial charge in [0.1, 0.15) is 73.2 Å². The van der Waals surface area contributed by atoms with Gasteiger partial charge in [-0.25, -0.2) is 0 Å². The molecule has 20 heteroatoms. The molecule has 20 nitrogen and oxygen atoms in total. The fourth-order valence-corrected chi connectivity index (χ4v) is 8.65. The Balaban J connectivity index is 1.15. The van der Waals surface area contributed by atoms with E-state index in [9.17, 15) is 66.4 Å². The summed E-state index contributed by atoms with van der Waals surface area (Å²) in [4.78, 5) is 0. The first kappa shape index (κ1) is 41.8. The smallest absolute Gasteiger partial charge is 0.187 e. The van der Waals surface area contributed by atoms with Gasteiger partial charge in [0.15, 0.2) is 31.1 Å². The third kappa shape index (κ3) is 8.72. The van der Waals surface area contributed by atoms with Crippen LogP contribution < -0.4 is 0 Å². The second-order valence-electron chi connectivity index (χ2n) is 15.5. The van der Waals surface area contributed by atoms with E-state index in [1.54, 1.807) is 0 Å². The lowest BCUT2D eigenvalue weighted by Gasteiger charge is -2.49. The van der Waals surface area contributed by atoms with Crippen molar-refractivity contribution in [3.05, 3.63) is 0 Å². The summed E-state index contributed by atoms with van der Waals surface area (Å²) < 4.78 is 39.8. The number of rotatable bonds is 9. The second kappa shape index (κ2) is 17.4. The van der Waals surface area contributed by atoms with E-state index in [-0.39, 0.29) is 38.0 Å². The zero-order chi connectivity index (χ0) is 38.5. The van der Waals surface area contributed by atoms with Crippen LogP contribution in [0.1, 0.15) is 45.4 Å². The molecule has 6 fully saturated rings. The Morgan fingerprint density at radius 3 is 1.83 bits per heavy atom. The summed E-state index contributed by atoms with van der Waals surface area (Å²) in [5, 5.41) is 136. The van der Waals surface area contributed by atoms with Gasteiger partial charge >= 0.3 is 0 Å². The van der Waals surface area contributed by atoms with Crippen molar-refractivity contribution in [3.8, 4) is 0 Å². The molecule has 6 aliphatic rings. The first-order valence-corrected chi connectivity index (χ1v) is 18.5. The van der Waals surface area contributed by atoms with E-state index in [1.807, 2.05) is 0 Å². The zero-order valence-electron chi connectivity index (χ0n) is 29.2. The first-order valence-electron chi connectivity index (χ1n) is 18.5. The molecular formula is C33H57O20+. The lowest BCUT2D eigenvalue weighted by Crippen LogP contribution is -2.64. The molecule has 0 aromatic rings. The van der Waals surface area contributed by atoms with Crippen molar-refractivity contribution < 1.29 is 99.5 Å². The van der Waals surface area contributed by atoms with Gasteiger partial charge in [-0.2, -0.15) is 0 Å². The molecule has 2 aliphatic carbocycles.